The van der Waals surface area contributed by atoms with Crippen molar-refractivity contribution in [2.45, 2.75) is 50.1 Å². The van der Waals surface area contributed by atoms with Gasteiger partial charge in [-0.05, 0) is 50.3 Å². The maximum Gasteiger partial charge on any atom is 0.263 e. The molecule has 7 nitrogen and oxygen atoms in total. The van der Waals surface area contributed by atoms with Gasteiger partial charge in [-0.2, -0.15) is 0 Å². The fourth-order valence-corrected chi connectivity index (χ4v) is 7.43. The van der Waals surface area contributed by atoms with Crippen molar-refractivity contribution in [3.8, 4) is 0 Å². The van der Waals surface area contributed by atoms with Crippen LogP contribution < -0.4 is 11.1 Å². The fourth-order valence-electron chi connectivity index (χ4n) is 4.34. The molecule has 0 aliphatic heterocycles. The van der Waals surface area contributed by atoms with Crippen LogP contribution in [-0.4, -0.2) is 18.9 Å². The monoisotopic (exact) mass is 496 g/mol. The molecule has 1 aliphatic rings. The van der Waals surface area contributed by atoms with E-state index < -0.39 is 0 Å². The lowest BCUT2D eigenvalue weighted by molar-refractivity contribution is 0.476. The summed E-state index contributed by atoms with van der Waals surface area (Å²) in [7, 11) is 0. The first kappa shape index (κ1) is 20.9. The smallest absolute Gasteiger partial charge is 0.263 e. The van der Waals surface area contributed by atoms with Crippen LogP contribution in [-0.2, 0) is 25.1 Å². The van der Waals surface area contributed by atoms with E-state index in [1.54, 1.807) is 32.6 Å². The quantitative estimate of drug-likeness (QED) is 0.260. The molecule has 0 radical (unpaired) electrons. The van der Waals surface area contributed by atoms with Gasteiger partial charge in [0.25, 0.3) is 11.1 Å². The minimum Gasteiger partial charge on any atom is -0.467 e. The van der Waals surface area contributed by atoms with Gasteiger partial charge in [-0.1, -0.05) is 11.8 Å². The minimum absolute atomic E-state index is 0.0179. The molecule has 5 aromatic heterocycles. The number of thiophene rings is 1. The van der Waals surface area contributed by atoms with Crippen molar-refractivity contribution >= 4 is 49.6 Å². The van der Waals surface area contributed by atoms with Gasteiger partial charge in [-0.25, -0.2) is 9.97 Å². The van der Waals surface area contributed by atoms with Crippen molar-refractivity contribution in [1.82, 2.24) is 18.9 Å². The Bertz CT molecular complexity index is 1610. The highest BCUT2D eigenvalue weighted by Crippen LogP contribution is 2.35. The summed E-state index contributed by atoms with van der Waals surface area (Å²) in [4.78, 5) is 38.6. The molecule has 10 heteroatoms. The molecule has 0 aromatic carbocycles. The topological polar surface area (TPSA) is 82.4 Å². The summed E-state index contributed by atoms with van der Waals surface area (Å²) in [6.07, 6.45) is 5.84. The van der Waals surface area contributed by atoms with Crippen LogP contribution in [0.15, 0.2) is 49.0 Å². The van der Waals surface area contributed by atoms with Crippen molar-refractivity contribution < 1.29 is 4.42 Å². The van der Waals surface area contributed by atoms with Gasteiger partial charge in [0.2, 0.25) is 0 Å². The second-order valence-corrected chi connectivity index (χ2v) is 11.0. The number of fused-ring (bicyclic) bond motifs is 4. The maximum atomic E-state index is 13.7. The highest BCUT2D eigenvalue weighted by molar-refractivity contribution is 7.98. The van der Waals surface area contributed by atoms with Crippen molar-refractivity contribution in [3.63, 3.8) is 0 Å². The highest BCUT2D eigenvalue weighted by atomic mass is 32.2. The minimum atomic E-state index is -0.0864. The van der Waals surface area contributed by atoms with Crippen molar-refractivity contribution in [3.05, 3.63) is 78.1 Å². The largest absolute Gasteiger partial charge is 0.467 e. The van der Waals surface area contributed by atoms with E-state index in [4.69, 9.17) is 9.40 Å². The average Bonchev–Trinajstić information content (AvgIpc) is 3.53. The summed E-state index contributed by atoms with van der Waals surface area (Å²) < 4.78 is 8.85. The van der Waals surface area contributed by atoms with E-state index in [-0.39, 0.29) is 11.1 Å². The van der Waals surface area contributed by atoms with Crippen LogP contribution in [0.3, 0.4) is 0 Å². The Kier molecular flexibility index (Phi) is 5.23. The van der Waals surface area contributed by atoms with Gasteiger partial charge in [0, 0.05) is 27.8 Å². The summed E-state index contributed by atoms with van der Waals surface area (Å²) in [5, 5.41) is 3.31. The molecule has 0 bridgehead atoms. The molecule has 0 unspecified atom stereocenters. The number of thiazole rings is 1. The highest BCUT2D eigenvalue weighted by Gasteiger charge is 2.23. The number of aromatic nitrogens is 4. The zero-order valence-electron chi connectivity index (χ0n) is 17.9. The normalized spacial score (nSPS) is 13.7. The van der Waals surface area contributed by atoms with Gasteiger partial charge >= 0.3 is 0 Å². The molecule has 0 N–H and O–H groups in total. The zero-order chi connectivity index (χ0) is 22.5. The van der Waals surface area contributed by atoms with E-state index in [1.165, 1.54) is 33.5 Å². The summed E-state index contributed by atoms with van der Waals surface area (Å²) in [5.74, 6) is 1.15. The molecule has 5 heterocycles. The van der Waals surface area contributed by atoms with Crippen LogP contribution in [0.1, 0.15) is 40.4 Å². The molecule has 1 aliphatic carbocycles. The number of furan rings is 1. The number of hydrogen-bond acceptors (Lipinski definition) is 8. The Balaban J connectivity index is 1.43. The van der Waals surface area contributed by atoms with Gasteiger partial charge in [-0.15, -0.1) is 22.7 Å². The third kappa shape index (κ3) is 3.66. The predicted molar refractivity (Wildman–Crippen MR) is 132 cm³/mol. The van der Waals surface area contributed by atoms with Crippen molar-refractivity contribution in [1.29, 1.82) is 0 Å². The molecule has 33 heavy (non-hydrogen) atoms. The fraction of sp³-hybridized carbons (Fsp3) is 0.304. The molecule has 168 valence electrons. The Morgan fingerprint density at radius 2 is 2.09 bits per heavy atom. The summed E-state index contributed by atoms with van der Waals surface area (Å²) in [5.41, 5.74) is 2.63. The second-order valence-electron chi connectivity index (χ2n) is 8.13. The van der Waals surface area contributed by atoms with E-state index in [0.717, 1.165) is 41.6 Å². The van der Waals surface area contributed by atoms with Gasteiger partial charge in [0.05, 0.1) is 23.9 Å². The number of hydrogen-bond donors (Lipinski definition) is 0. The van der Waals surface area contributed by atoms with Crippen LogP contribution in [0.5, 0.6) is 0 Å². The second kappa shape index (κ2) is 8.27. The Hall–Kier alpha value is -2.69. The Labute approximate surface area is 200 Å². The van der Waals surface area contributed by atoms with Crippen molar-refractivity contribution in [2.75, 3.05) is 0 Å². The summed E-state index contributed by atoms with van der Waals surface area (Å²) in [6.45, 7) is 2.22. The van der Waals surface area contributed by atoms with E-state index in [2.05, 4.69) is 4.98 Å². The standard InChI is InChI=1S/C23H20N4O3S3/c1-13-11-31-23-24-14(9-18(28)27(13)23)12-32-22-25-20-19(16-6-2-3-7-17(16)33-20)21(29)26(22)10-15-5-4-8-30-15/h4-5,8-9,11H,2-3,6-7,10,12H2,1H3. The van der Waals surface area contributed by atoms with E-state index in [9.17, 15) is 9.59 Å². The Morgan fingerprint density at radius 3 is 2.94 bits per heavy atom. The van der Waals surface area contributed by atoms with Crippen LogP contribution in [0.2, 0.25) is 0 Å². The Morgan fingerprint density at radius 1 is 1.21 bits per heavy atom. The maximum absolute atomic E-state index is 13.7. The molecular weight excluding hydrogens is 476 g/mol. The lowest BCUT2D eigenvalue weighted by atomic mass is 9.97. The molecule has 0 atom stereocenters. The number of aryl methyl sites for hydroxylation is 3. The van der Waals surface area contributed by atoms with Crippen LogP contribution in [0, 0.1) is 6.92 Å². The summed E-state index contributed by atoms with van der Waals surface area (Å²) >= 11 is 4.53. The summed E-state index contributed by atoms with van der Waals surface area (Å²) in [6, 6.07) is 5.25. The lowest BCUT2D eigenvalue weighted by Gasteiger charge is -2.12. The van der Waals surface area contributed by atoms with Crippen molar-refractivity contribution in [2.24, 2.45) is 0 Å². The van der Waals surface area contributed by atoms with Gasteiger partial charge in [-0.3, -0.25) is 18.6 Å². The van der Waals surface area contributed by atoms with E-state index in [0.29, 0.717) is 33.9 Å². The van der Waals surface area contributed by atoms with Crippen LogP contribution in [0.25, 0.3) is 15.2 Å². The first-order valence-electron chi connectivity index (χ1n) is 10.8. The average molecular weight is 497 g/mol. The number of rotatable bonds is 5. The first-order chi connectivity index (χ1) is 16.1. The first-order valence-corrected chi connectivity index (χ1v) is 13.4. The zero-order valence-corrected chi connectivity index (χ0v) is 20.3. The SMILES string of the molecule is Cc1csc2nc(CSc3nc4sc5c(c4c(=O)n3Cc3ccco3)CCCC5)cc(=O)n12. The molecule has 0 fully saturated rings. The van der Waals surface area contributed by atoms with Crippen LogP contribution in [0.4, 0.5) is 0 Å². The number of nitrogens with zero attached hydrogens (tertiary/aromatic N) is 4. The number of thioether (sulfide) groups is 1. The van der Waals surface area contributed by atoms with Gasteiger partial charge < -0.3 is 4.42 Å². The predicted octanol–water partition coefficient (Wildman–Crippen LogP) is 4.65. The molecule has 0 amide bonds. The third-order valence-corrected chi connectivity index (χ3v) is 9.05. The molecule has 0 spiro atoms. The molecule has 6 rings (SSSR count). The lowest BCUT2D eigenvalue weighted by Crippen LogP contribution is -2.24. The van der Waals surface area contributed by atoms with Gasteiger partial charge in [0.15, 0.2) is 10.1 Å². The van der Waals surface area contributed by atoms with E-state index in [1.807, 2.05) is 24.4 Å². The molecule has 0 saturated carbocycles. The van der Waals surface area contributed by atoms with E-state index >= 15 is 0 Å². The molecule has 5 aromatic rings. The molecular formula is C23H20N4O3S3. The van der Waals surface area contributed by atoms with Gasteiger partial charge in [0.1, 0.15) is 10.6 Å². The molecule has 0 saturated heterocycles. The third-order valence-electron chi connectivity index (χ3n) is 5.91. The van der Waals surface area contributed by atoms with Crippen LogP contribution >= 0.6 is 34.4 Å².